The van der Waals surface area contributed by atoms with Crippen LogP contribution in [0.1, 0.15) is 51.3 Å². The summed E-state index contributed by atoms with van der Waals surface area (Å²) in [7, 11) is 1.79. The molecule has 0 fully saturated rings. The summed E-state index contributed by atoms with van der Waals surface area (Å²) in [4.78, 5) is 30.1. The van der Waals surface area contributed by atoms with E-state index in [1.807, 2.05) is 78.6 Å². The van der Waals surface area contributed by atoms with E-state index in [9.17, 15) is 9.59 Å². The van der Waals surface area contributed by atoms with Gasteiger partial charge in [-0.1, -0.05) is 66.2 Å². The van der Waals surface area contributed by atoms with Crippen molar-refractivity contribution in [2.24, 2.45) is 0 Å². The Balaban J connectivity index is 1.42. The summed E-state index contributed by atoms with van der Waals surface area (Å²) in [6.45, 7) is 4.90. The van der Waals surface area contributed by atoms with E-state index in [2.05, 4.69) is 6.07 Å². The molecule has 2 amide bonds. The normalized spacial score (nSPS) is 15.4. The number of furan rings is 1. The van der Waals surface area contributed by atoms with Gasteiger partial charge in [0.05, 0.1) is 12.3 Å². The molecule has 0 radical (unpaired) electrons. The predicted molar refractivity (Wildman–Crippen MR) is 146 cm³/mol. The van der Waals surface area contributed by atoms with Gasteiger partial charge in [-0.25, -0.2) is 0 Å². The minimum Gasteiger partial charge on any atom is -0.481 e. The van der Waals surface area contributed by atoms with Gasteiger partial charge in [0.15, 0.2) is 11.9 Å². The number of aryl methyl sites for hydroxylation is 1. The van der Waals surface area contributed by atoms with Gasteiger partial charge in [-0.2, -0.15) is 0 Å². The van der Waals surface area contributed by atoms with Crippen LogP contribution in [0.15, 0.2) is 95.6 Å². The van der Waals surface area contributed by atoms with E-state index in [1.165, 1.54) is 6.26 Å². The van der Waals surface area contributed by atoms with Crippen LogP contribution in [0.3, 0.4) is 0 Å². The van der Waals surface area contributed by atoms with Crippen molar-refractivity contribution in [2.75, 3.05) is 13.6 Å². The van der Waals surface area contributed by atoms with Crippen LogP contribution in [0.5, 0.6) is 5.75 Å². The monoisotopic (exact) mass is 508 g/mol. The Labute approximate surface area is 223 Å². The summed E-state index contributed by atoms with van der Waals surface area (Å²) in [5.74, 6) is 0.669. The van der Waals surface area contributed by atoms with E-state index in [0.717, 1.165) is 34.2 Å². The van der Waals surface area contributed by atoms with Gasteiger partial charge in [0.1, 0.15) is 5.75 Å². The molecule has 6 heteroatoms. The number of hydrogen-bond acceptors (Lipinski definition) is 4. The maximum absolute atomic E-state index is 13.5. The molecule has 0 unspecified atom stereocenters. The second kappa shape index (κ2) is 11.0. The molecule has 0 spiro atoms. The molecule has 0 saturated heterocycles. The Kier molecular flexibility index (Phi) is 7.31. The predicted octanol–water partition coefficient (Wildman–Crippen LogP) is 5.80. The first-order valence-corrected chi connectivity index (χ1v) is 12.9. The molecule has 38 heavy (non-hydrogen) atoms. The number of hydrogen-bond donors (Lipinski definition) is 0. The summed E-state index contributed by atoms with van der Waals surface area (Å²) >= 11 is 0. The highest BCUT2D eigenvalue weighted by Crippen LogP contribution is 2.38. The Bertz CT molecular complexity index is 1410. The molecule has 1 aliphatic rings. The Morgan fingerprint density at radius 2 is 1.84 bits per heavy atom. The lowest BCUT2D eigenvalue weighted by Gasteiger charge is -2.37. The van der Waals surface area contributed by atoms with Crippen molar-refractivity contribution in [2.45, 2.75) is 39.0 Å². The number of ether oxygens (including phenoxy) is 1. The summed E-state index contributed by atoms with van der Waals surface area (Å²) in [5.41, 5.74) is 5.36. The van der Waals surface area contributed by atoms with E-state index in [0.29, 0.717) is 24.6 Å². The highest BCUT2D eigenvalue weighted by atomic mass is 16.5. The van der Waals surface area contributed by atoms with Crippen LogP contribution < -0.4 is 4.74 Å². The third-order valence-corrected chi connectivity index (χ3v) is 7.00. The average Bonchev–Trinajstić information content (AvgIpc) is 3.47. The number of amides is 2. The zero-order chi connectivity index (χ0) is 26.6. The molecule has 0 N–H and O–H groups in total. The molecule has 0 bridgehead atoms. The van der Waals surface area contributed by atoms with E-state index in [-0.39, 0.29) is 17.9 Å². The molecule has 3 aromatic carbocycles. The molecule has 4 aromatic rings. The Hall–Kier alpha value is -4.32. The molecular formula is C32H32N2O4. The van der Waals surface area contributed by atoms with Gasteiger partial charge in [-0.15, -0.1) is 0 Å². The van der Waals surface area contributed by atoms with E-state index < -0.39 is 6.10 Å². The van der Waals surface area contributed by atoms with Crippen molar-refractivity contribution in [3.63, 3.8) is 0 Å². The fraction of sp³-hybridized carbons (Fsp3) is 0.250. The van der Waals surface area contributed by atoms with Crippen molar-refractivity contribution in [3.05, 3.63) is 125 Å². The molecule has 6 nitrogen and oxygen atoms in total. The number of nitrogens with zero attached hydrogens (tertiary/aromatic N) is 2. The Morgan fingerprint density at radius 1 is 1.03 bits per heavy atom. The van der Waals surface area contributed by atoms with Crippen LogP contribution in [-0.2, 0) is 17.8 Å². The molecule has 1 aromatic heterocycles. The molecule has 5 rings (SSSR count). The number of carbonyl (C=O) groups is 2. The molecule has 1 aliphatic heterocycles. The Morgan fingerprint density at radius 3 is 2.58 bits per heavy atom. The fourth-order valence-electron chi connectivity index (χ4n) is 5.13. The number of fused-ring (bicyclic) bond motifs is 1. The lowest BCUT2D eigenvalue weighted by atomic mass is 9.87. The van der Waals surface area contributed by atoms with Crippen molar-refractivity contribution < 1.29 is 18.7 Å². The van der Waals surface area contributed by atoms with Gasteiger partial charge in [0, 0.05) is 20.1 Å². The van der Waals surface area contributed by atoms with Gasteiger partial charge in [-0.3, -0.25) is 9.59 Å². The first-order chi connectivity index (χ1) is 18.4. The van der Waals surface area contributed by atoms with Crippen molar-refractivity contribution in [1.82, 2.24) is 9.80 Å². The quantitative estimate of drug-likeness (QED) is 0.316. The summed E-state index contributed by atoms with van der Waals surface area (Å²) in [5, 5.41) is 0. The third kappa shape index (κ3) is 5.35. The van der Waals surface area contributed by atoms with E-state index >= 15 is 0 Å². The first kappa shape index (κ1) is 25.3. The summed E-state index contributed by atoms with van der Waals surface area (Å²) in [6.07, 6.45) is 1.58. The highest BCUT2D eigenvalue weighted by molar-refractivity contribution is 5.92. The van der Waals surface area contributed by atoms with Crippen LogP contribution in [0.25, 0.3) is 0 Å². The maximum Gasteiger partial charge on any atom is 0.290 e. The van der Waals surface area contributed by atoms with Gasteiger partial charge >= 0.3 is 0 Å². The number of benzene rings is 3. The van der Waals surface area contributed by atoms with Crippen LogP contribution in [0.4, 0.5) is 0 Å². The minimum atomic E-state index is -0.663. The largest absolute Gasteiger partial charge is 0.481 e. The molecule has 2 heterocycles. The summed E-state index contributed by atoms with van der Waals surface area (Å²) < 4.78 is 11.6. The van der Waals surface area contributed by atoms with Gasteiger partial charge in [0.2, 0.25) is 0 Å². The van der Waals surface area contributed by atoms with Crippen LogP contribution in [0.2, 0.25) is 0 Å². The van der Waals surface area contributed by atoms with Crippen molar-refractivity contribution in [1.29, 1.82) is 0 Å². The SMILES string of the molecule is Cc1cccc([C@@H]2c3cc(O[C@H](C)C(=O)N(C)Cc4ccccc4)ccc3CCN2C(=O)c2ccco2)c1. The lowest BCUT2D eigenvalue weighted by molar-refractivity contribution is -0.137. The molecular weight excluding hydrogens is 476 g/mol. The van der Waals surface area contributed by atoms with Crippen LogP contribution in [-0.4, -0.2) is 41.3 Å². The summed E-state index contributed by atoms with van der Waals surface area (Å²) in [6, 6.07) is 27.2. The maximum atomic E-state index is 13.5. The smallest absolute Gasteiger partial charge is 0.290 e. The second-order valence-electron chi connectivity index (χ2n) is 9.84. The third-order valence-electron chi connectivity index (χ3n) is 7.00. The highest BCUT2D eigenvalue weighted by Gasteiger charge is 2.34. The second-order valence-corrected chi connectivity index (χ2v) is 9.84. The topological polar surface area (TPSA) is 63.0 Å². The molecule has 2 atom stereocenters. The number of carbonyl (C=O) groups excluding carboxylic acids is 2. The van der Waals surface area contributed by atoms with Crippen molar-refractivity contribution >= 4 is 11.8 Å². The number of rotatable bonds is 7. The minimum absolute atomic E-state index is 0.101. The van der Waals surface area contributed by atoms with Gasteiger partial charge < -0.3 is 19.0 Å². The number of likely N-dealkylation sites (N-methyl/N-ethyl adjacent to an activating group) is 1. The van der Waals surface area contributed by atoms with E-state index in [4.69, 9.17) is 9.15 Å². The van der Waals surface area contributed by atoms with Crippen LogP contribution >= 0.6 is 0 Å². The molecule has 0 saturated carbocycles. The van der Waals surface area contributed by atoms with E-state index in [1.54, 1.807) is 31.0 Å². The van der Waals surface area contributed by atoms with Crippen molar-refractivity contribution in [3.8, 4) is 5.75 Å². The standard InChI is InChI=1S/C32H32N2O4/c1-22-9-7-12-26(19-22)30-28-20-27(38-23(2)31(35)33(3)21-24-10-5-4-6-11-24)15-14-25(28)16-17-34(30)32(36)29-13-8-18-37-29/h4-15,18-20,23,30H,16-17,21H2,1-3H3/t23-,30-/m1/s1. The zero-order valence-corrected chi connectivity index (χ0v) is 22.0. The van der Waals surface area contributed by atoms with Gasteiger partial charge in [-0.05, 0) is 66.8 Å². The fourth-order valence-corrected chi connectivity index (χ4v) is 5.13. The zero-order valence-electron chi connectivity index (χ0n) is 22.0. The van der Waals surface area contributed by atoms with Crippen LogP contribution in [0, 0.1) is 6.92 Å². The first-order valence-electron chi connectivity index (χ1n) is 12.9. The van der Waals surface area contributed by atoms with Gasteiger partial charge in [0.25, 0.3) is 11.8 Å². The average molecular weight is 509 g/mol. The molecule has 0 aliphatic carbocycles. The lowest BCUT2D eigenvalue weighted by Crippen LogP contribution is -2.40. The molecule has 194 valence electrons.